The van der Waals surface area contributed by atoms with Crippen LogP contribution in [0.3, 0.4) is 0 Å². The van der Waals surface area contributed by atoms with Crippen molar-refractivity contribution < 1.29 is 8.78 Å². The molecule has 1 aromatic rings. The molecule has 0 radical (unpaired) electrons. The molecular weight excluding hydrogens is 256 g/mol. The van der Waals surface area contributed by atoms with Crippen molar-refractivity contribution in [2.75, 3.05) is 18.0 Å². The first-order valence-electron chi connectivity index (χ1n) is 6.25. The van der Waals surface area contributed by atoms with E-state index in [1.54, 1.807) is 11.3 Å². The average molecular weight is 275 g/mol. The van der Waals surface area contributed by atoms with E-state index in [2.05, 4.69) is 35.9 Å². The number of hydrogen-bond acceptors (Lipinski definition) is 4. The predicted octanol–water partition coefficient (Wildman–Crippen LogP) is 3.32. The molecule has 0 spiro atoms. The number of halogens is 2. The van der Waals surface area contributed by atoms with Crippen molar-refractivity contribution in [3.63, 3.8) is 0 Å². The molecule has 0 saturated carbocycles. The summed E-state index contributed by atoms with van der Waals surface area (Å²) in [5, 5.41) is 10.2. The SMILES string of the molecule is CC(C)(C)c1nnc(N2CCC(C(F)F)CC2)s1. The van der Waals surface area contributed by atoms with E-state index in [1.165, 1.54) is 0 Å². The highest BCUT2D eigenvalue weighted by atomic mass is 32.1. The van der Waals surface area contributed by atoms with Gasteiger partial charge in [-0.25, -0.2) is 8.78 Å². The normalized spacial score (nSPS) is 18.7. The summed E-state index contributed by atoms with van der Waals surface area (Å²) in [7, 11) is 0. The molecule has 1 saturated heterocycles. The number of aromatic nitrogens is 2. The van der Waals surface area contributed by atoms with E-state index < -0.39 is 12.3 Å². The first-order valence-corrected chi connectivity index (χ1v) is 7.06. The van der Waals surface area contributed by atoms with Crippen molar-refractivity contribution in [2.45, 2.75) is 45.5 Å². The van der Waals surface area contributed by atoms with Gasteiger partial charge in [0.15, 0.2) is 0 Å². The lowest BCUT2D eigenvalue weighted by Gasteiger charge is -2.30. The Morgan fingerprint density at radius 1 is 1.22 bits per heavy atom. The van der Waals surface area contributed by atoms with Crippen LogP contribution in [0.5, 0.6) is 0 Å². The van der Waals surface area contributed by atoms with Gasteiger partial charge in [0.2, 0.25) is 11.6 Å². The van der Waals surface area contributed by atoms with Gasteiger partial charge in [-0.2, -0.15) is 0 Å². The maximum absolute atomic E-state index is 12.6. The molecule has 0 amide bonds. The van der Waals surface area contributed by atoms with Crippen LogP contribution >= 0.6 is 11.3 Å². The number of piperidine rings is 1. The molecule has 1 fully saturated rings. The summed E-state index contributed by atoms with van der Waals surface area (Å²) in [4.78, 5) is 2.08. The molecule has 3 nitrogen and oxygen atoms in total. The maximum atomic E-state index is 12.6. The van der Waals surface area contributed by atoms with Gasteiger partial charge in [-0.15, -0.1) is 10.2 Å². The minimum Gasteiger partial charge on any atom is -0.347 e. The fourth-order valence-electron chi connectivity index (χ4n) is 1.99. The number of nitrogens with zero attached hydrogens (tertiary/aromatic N) is 3. The molecule has 18 heavy (non-hydrogen) atoms. The molecular formula is C12H19F2N3S. The highest BCUT2D eigenvalue weighted by Gasteiger charge is 2.28. The van der Waals surface area contributed by atoms with Gasteiger partial charge in [0.25, 0.3) is 0 Å². The Bertz CT molecular complexity index is 392. The van der Waals surface area contributed by atoms with Crippen LogP contribution in [-0.2, 0) is 5.41 Å². The Morgan fingerprint density at radius 2 is 1.83 bits per heavy atom. The number of alkyl halides is 2. The van der Waals surface area contributed by atoms with Gasteiger partial charge in [-0.05, 0) is 12.8 Å². The van der Waals surface area contributed by atoms with E-state index in [-0.39, 0.29) is 5.41 Å². The quantitative estimate of drug-likeness (QED) is 0.829. The van der Waals surface area contributed by atoms with E-state index in [4.69, 9.17) is 0 Å². The highest BCUT2D eigenvalue weighted by Crippen LogP contribution is 2.32. The van der Waals surface area contributed by atoms with Crippen LogP contribution in [-0.4, -0.2) is 29.7 Å². The summed E-state index contributed by atoms with van der Waals surface area (Å²) in [6.45, 7) is 7.61. The van der Waals surface area contributed by atoms with Crippen molar-refractivity contribution in [1.29, 1.82) is 0 Å². The van der Waals surface area contributed by atoms with Crippen LogP contribution in [0, 0.1) is 5.92 Å². The number of rotatable bonds is 2. The Hall–Kier alpha value is -0.780. The van der Waals surface area contributed by atoms with E-state index >= 15 is 0 Å². The first kappa shape index (κ1) is 13.6. The van der Waals surface area contributed by atoms with Gasteiger partial charge in [0.05, 0.1) is 0 Å². The topological polar surface area (TPSA) is 29.0 Å². The third-order valence-corrected chi connectivity index (χ3v) is 4.63. The lowest BCUT2D eigenvalue weighted by Crippen LogP contribution is -2.35. The molecule has 0 aromatic carbocycles. The smallest absolute Gasteiger partial charge is 0.241 e. The molecule has 0 unspecified atom stereocenters. The Kier molecular flexibility index (Phi) is 3.84. The van der Waals surface area contributed by atoms with Crippen molar-refractivity contribution in [3.05, 3.63) is 5.01 Å². The zero-order valence-electron chi connectivity index (χ0n) is 11.0. The fourth-order valence-corrected chi connectivity index (χ4v) is 2.94. The largest absolute Gasteiger partial charge is 0.347 e. The van der Waals surface area contributed by atoms with E-state index in [9.17, 15) is 8.78 Å². The Morgan fingerprint density at radius 3 is 2.28 bits per heavy atom. The van der Waals surface area contributed by atoms with Gasteiger partial charge < -0.3 is 4.90 Å². The summed E-state index contributed by atoms with van der Waals surface area (Å²) in [5.41, 5.74) is -0.00277. The first-order chi connectivity index (χ1) is 8.38. The lowest BCUT2D eigenvalue weighted by molar-refractivity contribution is 0.0636. The third kappa shape index (κ3) is 2.96. The molecule has 0 bridgehead atoms. The van der Waals surface area contributed by atoms with Crippen LogP contribution in [0.1, 0.15) is 38.6 Å². The van der Waals surface area contributed by atoms with E-state index in [1.807, 2.05) is 0 Å². The molecule has 102 valence electrons. The Labute approximate surface area is 110 Å². The summed E-state index contributed by atoms with van der Waals surface area (Å²) < 4.78 is 25.1. The van der Waals surface area contributed by atoms with Crippen LogP contribution < -0.4 is 4.90 Å². The Balaban J connectivity index is 2.00. The second-order valence-corrected chi connectivity index (χ2v) is 6.75. The van der Waals surface area contributed by atoms with E-state index in [0.717, 1.165) is 10.1 Å². The standard InChI is InChI=1S/C12H19F2N3S/c1-12(2,3)10-15-16-11(18-10)17-6-4-8(5-7-17)9(13)14/h8-9H,4-7H2,1-3H3. The van der Waals surface area contributed by atoms with E-state index in [0.29, 0.717) is 25.9 Å². The van der Waals surface area contributed by atoms with Crippen molar-refractivity contribution in [2.24, 2.45) is 5.92 Å². The zero-order chi connectivity index (χ0) is 13.3. The number of hydrogen-bond donors (Lipinski definition) is 0. The van der Waals surface area contributed by atoms with Gasteiger partial charge in [0, 0.05) is 24.4 Å². The molecule has 0 aliphatic carbocycles. The van der Waals surface area contributed by atoms with Crippen LogP contribution in [0.25, 0.3) is 0 Å². The summed E-state index contributed by atoms with van der Waals surface area (Å²) in [6, 6.07) is 0. The van der Waals surface area contributed by atoms with Crippen molar-refractivity contribution >= 4 is 16.5 Å². The molecule has 6 heteroatoms. The van der Waals surface area contributed by atoms with Crippen LogP contribution in [0.4, 0.5) is 13.9 Å². The van der Waals surface area contributed by atoms with Gasteiger partial charge >= 0.3 is 0 Å². The molecule has 1 aliphatic rings. The van der Waals surface area contributed by atoms with Gasteiger partial charge in [0.1, 0.15) is 5.01 Å². The second kappa shape index (κ2) is 5.07. The molecule has 0 N–H and O–H groups in total. The minimum absolute atomic E-state index is 0.00277. The zero-order valence-corrected chi connectivity index (χ0v) is 11.8. The third-order valence-electron chi connectivity index (χ3n) is 3.22. The molecule has 1 aliphatic heterocycles. The number of anilines is 1. The molecule has 2 rings (SSSR count). The summed E-state index contributed by atoms with van der Waals surface area (Å²) in [6.07, 6.45) is -1.10. The average Bonchev–Trinajstić information content (AvgIpc) is 2.78. The van der Waals surface area contributed by atoms with Crippen LogP contribution in [0.15, 0.2) is 0 Å². The fraction of sp³-hybridized carbons (Fsp3) is 0.833. The molecule has 2 heterocycles. The summed E-state index contributed by atoms with van der Waals surface area (Å²) in [5.74, 6) is -0.448. The monoisotopic (exact) mass is 275 g/mol. The second-order valence-electron chi connectivity index (χ2n) is 5.80. The van der Waals surface area contributed by atoms with Gasteiger partial charge in [-0.1, -0.05) is 32.1 Å². The van der Waals surface area contributed by atoms with Crippen LogP contribution in [0.2, 0.25) is 0 Å². The highest BCUT2D eigenvalue weighted by molar-refractivity contribution is 7.15. The van der Waals surface area contributed by atoms with Crippen molar-refractivity contribution in [1.82, 2.24) is 10.2 Å². The minimum atomic E-state index is -2.19. The summed E-state index contributed by atoms with van der Waals surface area (Å²) >= 11 is 1.57. The molecule has 1 aromatic heterocycles. The molecule has 0 atom stereocenters. The van der Waals surface area contributed by atoms with Gasteiger partial charge in [-0.3, -0.25) is 0 Å². The van der Waals surface area contributed by atoms with Crippen molar-refractivity contribution in [3.8, 4) is 0 Å². The maximum Gasteiger partial charge on any atom is 0.241 e. The lowest BCUT2D eigenvalue weighted by atomic mass is 9.98. The predicted molar refractivity (Wildman–Crippen MR) is 69.6 cm³/mol.